The summed E-state index contributed by atoms with van der Waals surface area (Å²) >= 11 is 19.8. The Labute approximate surface area is 236 Å². The lowest BCUT2D eigenvalue weighted by molar-refractivity contribution is -0.143. The van der Waals surface area contributed by atoms with Crippen molar-refractivity contribution in [2.45, 2.75) is 32.9 Å². The van der Waals surface area contributed by atoms with Crippen molar-refractivity contribution in [1.82, 2.24) is 4.57 Å². The van der Waals surface area contributed by atoms with E-state index in [0.29, 0.717) is 31.2 Å². The predicted octanol–water partition coefficient (Wildman–Crippen LogP) is 4.61. The number of nitrogens with zero attached hydrogens (tertiary/aromatic N) is 2. The summed E-state index contributed by atoms with van der Waals surface area (Å²) in [7, 11) is 0. The number of benzene rings is 2. The molecule has 0 saturated heterocycles. The molecule has 4 rings (SSSR count). The van der Waals surface area contributed by atoms with Crippen molar-refractivity contribution in [1.29, 1.82) is 0 Å². The molecule has 0 spiro atoms. The Morgan fingerprint density at radius 2 is 1.79 bits per heavy atom. The van der Waals surface area contributed by atoms with Crippen LogP contribution >= 0.6 is 46.1 Å². The maximum atomic E-state index is 13.7. The van der Waals surface area contributed by atoms with Gasteiger partial charge in [-0.05, 0) is 62.2 Å². The Morgan fingerprint density at radius 1 is 1.16 bits per heavy atom. The molecule has 0 amide bonds. The number of halogens is 3. The Bertz CT molecular complexity index is 1620. The average molecular weight is 596 g/mol. The maximum Gasteiger partial charge on any atom is 0.341 e. The van der Waals surface area contributed by atoms with Crippen molar-refractivity contribution >= 4 is 64.2 Å². The van der Waals surface area contributed by atoms with Crippen molar-refractivity contribution in [3.63, 3.8) is 0 Å². The second-order valence-electron chi connectivity index (χ2n) is 8.58. The molecule has 2 aromatic carbocycles. The lowest BCUT2D eigenvalue weighted by Gasteiger charge is -2.25. The Kier molecular flexibility index (Phi) is 8.32. The fourth-order valence-electron chi connectivity index (χ4n) is 3.91. The summed E-state index contributed by atoms with van der Waals surface area (Å²) in [5.41, 5.74) is 1.47. The Morgan fingerprint density at radius 3 is 2.37 bits per heavy atom. The highest BCUT2D eigenvalue weighted by Crippen LogP contribution is 2.35. The van der Waals surface area contributed by atoms with Gasteiger partial charge in [-0.25, -0.2) is 14.6 Å². The van der Waals surface area contributed by atoms with Crippen LogP contribution in [0.15, 0.2) is 57.5 Å². The number of allylic oxidation sites excluding steroid dienone is 1. The molecule has 0 aliphatic carbocycles. The van der Waals surface area contributed by atoms with Gasteiger partial charge in [-0.1, -0.05) is 58.3 Å². The number of aromatic nitrogens is 1. The van der Waals surface area contributed by atoms with Gasteiger partial charge in [-0.15, -0.1) is 0 Å². The number of rotatable bonds is 7. The number of carboxylic acid groups (broad SMARTS) is 1. The first kappa shape index (κ1) is 27.9. The summed E-state index contributed by atoms with van der Waals surface area (Å²) in [5.74, 6) is -1.71. The van der Waals surface area contributed by atoms with Gasteiger partial charge in [-0.3, -0.25) is 9.36 Å². The molecule has 0 unspecified atom stereocenters. The molecule has 1 aromatic heterocycles. The number of carbonyl (C=O) groups excluding carboxylic acids is 1. The number of thiazole rings is 1. The number of ether oxygens (including phenoxy) is 2. The van der Waals surface area contributed by atoms with Crippen LogP contribution in [0.25, 0.3) is 6.08 Å². The fourth-order valence-corrected chi connectivity index (χ4v) is 5.69. The maximum absolute atomic E-state index is 13.7. The van der Waals surface area contributed by atoms with Crippen LogP contribution in [0.3, 0.4) is 0 Å². The first-order chi connectivity index (χ1) is 18.0. The van der Waals surface area contributed by atoms with Gasteiger partial charge in [0.05, 0.1) is 38.0 Å². The van der Waals surface area contributed by atoms with Crippen LogP contribution in [0.5, 0.6) is 5.75 Å². The van der Waals surface area contributed by atoms with E-state index in [1.165, 1.54) is 16.7 Å². The zero-order valence-electron chi connectivity index (χ0n) is 20.3. The molecule has 1 aliphatic heterocycles. The minimum atomic E-state index is -1.18. The largest absolute Gasteiger partial charge is 0.479 e. The van der Waals surface area contributed by atoms with E-state index in [0.717, 1.165) is 11.3 Å². The zero-order chi connectivity index (χ0) is 27.7. The number of hydrogen-bond donors (Lipinski definition) is 1. The molecular weight excluding hydrogens is 575 g/mol. The molecule has 0 saturated carbocycles. The summed E-state index contributed by atoms with van der Waals surface area (Å²) in [4.78, 5) is 42.6. The number of esters is 1. The highest BCUT2D eigenvalue weighted by atomic mass is 35.5. The minimum absolute atomic E-state index is 0.0287. The summed E-state index contributed by atoms with van der Waals surface area (Å²) in [6.07, 6.45) is 1.22. The van der Waals surface area contributed by atoms with Gasteiger partial charge in [0.2, 0.25) is 0 Å². The van der Waals surface area contributed by atoms with Crippen LogP contribution in [-0.4, -0.2) is 34.3 Å². The third-order valence-electron chi connectivity index (χ3n) is 5.43. The molecule has 2 heterocycles. The molecule has 1 atom stereocenters. The molecule has 12 heteroatoms. The van der Waals surface area contributed by atoms with Crippen molar-refractivity contribution in [2.75, 3.05) is 6.61 Å². The van der Waals surface area contributed by atoms with E-state index in [-0.39, 0.29) is 33.0 Å². The van der Waals surface area contributed by atoms with Crippen LogP contribution in [0.1, 0.15) is 37.9 Å². The molecule has 0 radical (unpaired) electrons. The van der Waals surface area contributed by atoms with Crippen LogP contribution in [0.4, 0.5) is 0 Å². The topological polar surface area (TPSA) is 107 Å². The van der Waals surface area contributed by atoms with Gasteiger partial charge in [0.15, 0.2) is 17.2 Å². The van der Waals surface area contributed by atoms with Crippen LogP contribution in [-0.2, 0) is 14.3 Å². The summed E-state index contributed by atoms with van der Waals surface area (Å²) in [6, 6.07) is 9.11. The standard InChI is InChI=1S/C26H21Cl3N2O6S/c1-12(2)37-25(35)21-13(3)30-26-31(22(21)15-4-6-16(27)7-5-15)24(34)19(38-26)10-14-8-17(28)23(18(29)9-14)36-11-20(32)33/h4-10,12,22H,11H2,1-3H3,(H,32,33)/b19-10-/t22-/m1/s1. The highest BCUT2D eigenvalue weighted by Gasteiger charge is 2.33. The lowest BCUT2D eigenvalue weighted by atomic mass is 9.96. The predicted molar refractivity (Wildman–Crippen MR) is 146 cm³/mol. The van der Waals surface area contributed by atoms with Crippen LogP contribution in [0, 0.1) is 0 Å². The fraction of sp³-hybridized carbons (Fsp3) is 0.231. The first-order valence-corrected chi connectivity index (χ1v) is 13.2. The van der Waals surface area contributed by atoms with Gasteiger partial charge in [-0.2, -0.15) is 0 Å². The molecule has 38 heavy (non-hydrogen) atoms. The lowest BCUT2D eigenvalue weighted by Crippen LogP contribution is -2.40. The molecule has 0 bridgehead atoms. The van der Waals surface area contributed by atoms with Crippen molar-refractivity contribution < 1.29 is 24.2 Å². The second kappa shape index (κ2) is 11.3. The number of carboxylic acids is 1. The van der Waals surface area contributed by atoms with Gasteiger partial charge in [0.25, 0.3) is 5.56 Å². The van der Waals surface area contributed by atoms with E-state index in [1.807, 2.05) is 0 Å². The smallest absolute Gasteiger partial charge is 0.341 e. The first-order valence-electron chi connectivity index (χ1n) is 11.3. The van der Waals surface area contributed by atoms with Gasteiger partial charge >= 0.3 is 11.9 Å². The Balaban J connectivity index is 1.86. The van der Waals surface area contributed by atoms with E-state index in [9.17, 15) is 14.4 Å². The normalized spacial score (nSPS) is 15.3. The zero-order valence-corrected chi connectivity index (χ0v) is 23.4. The molecule has 1 aliphatic rings. The van der Waals surface area contributed by atoms with Crippen LogP contribution < -0.4 is 19.6 Å². The number of aliphatic carboxylic acids is 1. The van der Waals surface area contributed by atoms with E-state index < -0.39 is 24.6 Å². The van der Waals surface area contributed by atoms with Gasteiger partial charge in [0, 0.05) is 5.02 Å². The SMILES string of the molecule is CC1=C(C(=O)OC(C)C)[C@@H](c2ccc(Cl)cc2)n2c(s/c(=C\c3cc(Cl)c(OCC(=O)O)c(Cl)c3)c2=O)=N1. The molecule has 1 N–H and O–H groups in total. The average Bonchev–Trinajstić information content (AvgIpc) is 3.11. The van der Waals surface area contributed by atoms with Gasteiger partial charge in [0.1, 0.15) is 0 Å². The number of fused-ring (bicyclic) bond motifs is 1. The third kappa shape index (κ3) is 5.81. The summed E-state index contributed by atoms with van der Waals surface area (Å²) < 4.78 is 12.4. The van der Waals surface area contributed by atoms with Crippen LogP contribution in [0.2, 0.25) is 15.1 Å². The highest BCUT2D eigenvalue weighted by molar-refractivity contribution is 7.07. The molecular formula is C26H21Cl3N2O6S. The van der Waals surface area contributed by atoms with E-state index in [1.54, 1.807) is 51.1 Å². The molecule has 8 nitrogen and oxygen atoms in total. The van der Waals surface area contributed by atoms with E-state index >= 15 is 0 Å². The summed E-state index contributed by atoms with van der Waals surface area (Å²) in [6.45, 7) is 4.58. The molecule has 198 valence electrons. The van der Waals surface area contributed by atoms with Crippen molar-refractivity contribution in [2.24, 2.45) is 4.99 Å². The van der Waals surface area contributed by atoms with E-state index in [4.69, 9.17) is 49.4 Å². The van der Waals surface area contributed by atoms with Crippen molar-refractivity contribution in [3.05, 3.63) is 93.6 Å². The monoisotopic (exact) mass is 594 g/mol. The van der Waals surface area contributed by atoms with Crippen molar-refractivity contribution in [3.8, 4) is 5.75 Å². The molecule has 3 aromatic rings. The molecule has 0 fully saturated rings. The minimum Gasteiger partial charge on any atom is -0.479 e. The Hall–Kier alpha value is -3.11. The quantitative estimate of drug-likeness (QED) is 0.400. The van der Waals surface area contributed by atoms with E-state index in [2.05, 4.69) is 4.99 Å². The number of carbonyl (C=O) groups is 2. The van der Waals surface area contributed by atoms with Gasteiger partial charge < -0.3 is 14.6 Å². The summed E-state index contributed by atoms with van der Waals surface area (Å²) in [5, 5.41) is 9.54. The third-order valence-corrected chi connectivity index (χ3v) is 7.22. The second-order valence-corrected chi connectivity index (χ2v) is 10.8. The number of hydrogen-bond acceptors (Lipinski definition) is 7.